The van der Waals surface area contributed by atoms with E-state index in [1.807, 2.05) is 0 Å². The number of aromatic nitrogens is 2. The molecular weight excluding hydrogens is 430 g/mol. The van der Waals surface area contributed by atoms with Gasteiger partial charge in [0.15, 0.2) is 5.82 Å². The van der Waals surface area contributed by atoms with E-state index in [1.54, 1.807) is 18.2 Å². The predicted octanol–water partition coefficient (Wildman–Crippen LogP) is 2.38. The first-order valence-electron chi connectivity index (χ1n) is 8.45. The maximum absolute atomic E-state index is 11.9. The van der Waals surface area contributed by atoms with Crippen LogP contribution in [0.15, 0.2) is 28.9 Å². The normalized spacial score (nSPS) is 18.9. The summed E-state index contributed by atoms with van der Waals surface area (Å²) in [5.41, 5.74) is 6.50. The van der Waals surface area contributed by atoms with Gasteiger partial charge in [0.05, 0.1) is 37.3 Å². The van der Waals surface area contributed by atoms with E-state index in [-0.39, 0.29) is 23.3 Å². The molecule has 1 aliphatic heterocycles. The highest BCUT2D eigenvalue weighted by atomic mass is 79.9. The molecule has 2 atom stereocenters. The van der Waals surface area contributed by atoms with Crippen molar-refractivity contribution in [3.8, 4) is 6.07 Å². The molecule has 1 amide bonds. The van der Waals surface area contributed by atoms with Crippen molar-refractivity contribution < 1.29 is 19.1 Å². The summed E-state index contributed by atoms with van der Waals surface area (Å²) in [5, 5.41) is 16.8. The average molecular weight is 448 g/mol. The van der Waals surface area contributed by atoms with E-state index in [4.69, 9.17) is 15.2 Å². The largest absolute Gasteiger partial charge is 0.465 e. The number of ether oxygens (including phenoxy) is 2. The van der Waals surface area contributed by atoms with Gasteiger partial charge in [0.1, 0.15) is 5.56 Å². The van der Waals surface area contributed by atoms with E-state index in [9.17, 15) is 14.9 Å². The zero-order chi connectivity index (χ0) is 20.3. The number of nitrogens with zero attached hydrogens (tertiary/aromatic N) is 3. The Morgan fingerprint density at radius 1 is 1.46 bits per heavy atom. The van der Waals surface area contributed by atoms with Crippen LogP contribution < -0.4 is 11.1 Å². The summed E-state index contributed by atoms with van der Waals surface area (Å²) in [4.78, 5) is 23.8. The van der Waals surface area contributed by atoms with Crippen LogP contribution in [0.5, 0.6) is 0 Å². The Balaban J connectivity index is 1.94. The van der Waals surface area contributed by atoms with Crippen LogP contribution in [-0.2, 0) is 9.47 Å². The van der Waals surface area contributed by atoms with E-state index in [0.717, 1.165) is 0 Å². The number of anilines is 2. The molecule has 0 aliphatic carbocycles. The highest BCUT2D eigenvalue weighted by Gasteiger charge is 2.29. The van der Waals surface area contributed by atoms with Gasteiger partial charge in [-0.15, -0.1) is 0 Å². The van der Waals surface area contributed by atoms with Crippen LogP contribution in [-0.4, -0.2) is 42.0 Å². The molecule has 1 aliphatic rings. The Morgan fingerprint density at radius 2 is 2.25 bits per heavy atom. The lowest BCUT2D eigenvalue weighted by atomic mass is 9.97. The Hall–Kier alpha value is -2.90. The Bertz CT molecular complexity index is 952. The molecule has 2 heterocycles. The molecule has 1 fully saturated rings. The van der Waals surface area contributed by atoms with Gasteiger partial charge in [-0.1, -0.05) is 0 Å². The molecule has 1 aromatic carbocycles. The zero-order valence-corrected chi connectivity index (χ0v) is 16.6. The predicted molar refractivity (Wildman–Crippen MR) is 103 cm³/mol. The molecule has 28 heavy (non-hydrogen) atoms. The van der Waals surface area contributed by atoms with Crippen molar-refractivity contribution in [2.45, 2.75) is 12.5 Å². The molecular formula is C18H18BrN5O4. The average Bonchev–Trinajstić information content (AvgIpc) is 3.12. The zero-order valence-electron chi connectivity index (χ0n) is 15.0. The fourth-order valence-corrected chi connectivity index (χ4v) is 3.38. The highest BCUT2D eigenvalue weighted by molar-refractivity contribution is 9.10. The molecule has 0 radical (unpaired) electrons. The number of benzene rings is 1. The Kier molecular flexibility index (Phi) is 5.96. The van der Waals surface area contributed by atoms with Gasteiger partial charge in [0.2, 0.25) is 0 Å². The second-order valence-electron chi connectivity index (χ2n) is 6.21. The van der Waals surface area contributed by atoms with Crippen LogP contribution in [0.2, 0.25) is 0 Å². The second-order valence-corrected chi connectivity index (χ2v) is 7.07. The molecule has 2 aromatic rings. The van der Waals surface area contributed by atoms with Gasteiger partial charge in [-0.25, -0.2) is 4.79 Å². The van der Waals surface area contributed by atoms with Crippen molar-refractivity contribution in [2.75, 3.05) is 25.6 Å². The summed E-state index contributed by atoms with van der Waals surface area (Å²) in [6.45, 7) is 0.835. The van der Waals surface area contributed by atoms with Crippen LogP contribution in [0.1, 0.15) is 33.2 Å². The van der Waals surface area contributed by atoms with Gasteiger partial charge in [-0.05, 0) is 40.5 Å². The summed E-state index contributed by atoms with van der Waals surface area (Å²) in [7, 11) is 1.29. The number of esters is 1. The summed E-state index contributed by atoms with van der Waals surface area (Å²) < 4.78 is 12.3. The third-order valence-electron chi connectivity index (χ3n) is 4.46. The monoisotopic (exact) mass is 447 g/mol. The molecule has 146 valence electrons. The van der Waals surface area contributed by atoms with Gasteiger partial charge in [0.25, 0.3) is 5.91 Å². The van der Waals surface area contributed by atoms with Crippen LogP contribution >= 0.6 is 15.9 Å². The van der Waals surface area contributed by atoms with Crippen molar-refractivity contribution in [3.63, 3.8) is 0 Å². The van der Waals surface area contributed by atoms with E-state index in [0.29, 0.717) is 35.4 Å². The Labute approximate surface area is 169 Å². The van der Waals surface area contributed by atoms with Crippen molar-refractivity contribution >= 4 is 39.3 Å². The molecule has 0 unspecified atom stereocenters. The number of carbonyl (C=O) groups excluding carboxylic acids is 2. The summed E-state index contributed by atoms with van der Waals surface area (Å²) in [5.74, 6) is -1.22. The molecule has 1 saturated heterocycles. The van der Waals surface area contributed by atoms with Crippen LogP contribution in [0.25, 0.3) is 0 Å². The number of nitrogens with one attached hydrogen (secondary N) is 1. The quantitative estimate of drug-likeness (QED) is 0.671. The first-order chi connectivity index (χ1) is 13.4. The lowest BCUT2D eigenvalue weighted by Gasteiger charge is -2.26. The molecule has 0 saturated carbocycles. The van der Waals surface area contributed by atoms with Crippen LogP contribution in [0.3, 0.4) is 0 Å². The number of methoxy groups -OCH3 is 1. The summed E-state index contributed by atoms with van der Waals surface area (Å²) in [6, 6.07) is 6.90. The fourth-order valence-electron chi connectivity index (χ4n) is 2.97. The molecule has 0 spiro atoms. The molecule has 0 bridgehead atoms. The number of primary amides is 1. The Morgan fingerprint density at radius 3 is 2.93 bits per heavy atom. The van der Waals surface area contributed by atoms with Gasteiger partial charge in [-0.3, -0.25) is 9.48 Å². The SMILES string of the molecule is COC(=O)c1cc(Nc2nn([C@H]3COCC[C@@H]3C#N)cc2C(N)=O)ccc1Br. The minimum Gasteiger partial charge on any atom is -0.465 e. The first-order valence-corrected chi connectivity index (χ1v) is 9.25. The number of hydrogen-bond donors (Lipinski definition) is 2. The molecule has 1 aromatic heterocycles. The van der Waals surface area contributed by atoms with E-state index in [2.05, 4.69) is 32.4 Å². The van der Waals surface area contributed by atoms with Crippen LogP contribution in [0, 0.1) is 17.2 Å². The number of hydrogen-bond acceptors (Lipinski definition) is 7. The topological polar surface area (TPSA) is 132 Å². The third-order valence-corrected chi connectivity index (χ3v) is 5.16. The number of halogens is 1. The fraction of sp³-hybridized carbons (Fsp3) is 0.333. The number of carbonyl (C=O) groups is 2. The van der Waals surface area contributed by atoms with Gasteiger partial charge in [-0.2, -0.15) is 10.4 Å². The standard InChI is InChI=1S/C18H18BrN5O4/c1-27-18(26)12-6-11(2-3-14(12)19)22-17-13(16(21)25)8-24(23-17)15-9-28-5-4-10(15)7-20/h2-3,6,8,10,15H,4-5,9H2,1H3,(H2,21,25)(H,22,23)/t10-,15+/m1/s1. The van der Waals surface area contributed by atoms with Crippen molar-refractivity contribution in [1.82, 2.24) is 9.78 Å². The van der Waals surface area contributed by atoms with Gasteiger partial charge < -0.3 is 20.5 Å². The number of rotatable bonds is 5. The number of nitrogens with two attached hydrogens (primary N) is 1. The van der Waals surface area contributed by atoms with Gasteiger partial charge >= 0.3 is 5.97 Å². The molecule has 3 N–H and O–H groups in total. The smallest absolute Gasteiger partial charge is 0.339 e. The maximum atomic E-state index is 11.9. The van der Waals surface area contributed by atoms with Crippen molar-refractivity contribution in [2.24, 2.45) is 11.7 Å². The lowest BCUT2D eigenvalue weighted by Crippen LogP contribution is -2.29. The van der Waals surface area contributed by atoms with Crippen molar-refractivity contribution in [1.29, 1.82) is 5.26 Å². The van der Waals surface area contributed by atoms with Crippen LogP contribution in [0.4, 0.5) is 11.5 Å². The van der Waals surface area contributed by atoms with Gasteiger partial charge in [0, 0.05) is 23.0 Å². The molecule has 9 nitrogen and oxygen atoms in total. The maximum Gasteiger partial charge on any atom is 0.339 e. The van der Waals surface area contributed by atoms with Crippen molar-refractivity contribution in [3.05, 3.63) is 40.0 Å². The third kappa shape index (κ3) is 4.00. The highest BCUT2D eigenvalue weighted by Crippen LogP contribution is 2.29. The lowest BCUT2D eigenvalue weighted by molar-refractivity contribution is 0.0342. The van der Waals surface area contributed by atoms with E-state index in [1.165, 1.54) is 18.0 Å². The number of amides is 1. The second kappa shape index (κ2) is 8.41. The number of nitriles is 1. The minimum atomic E-state index is -0.663. The van der Waals surface area contributed by atoms with E-state index < -0.39 is 11.9 Å². The summed E-state index contributed by atoms with van der Waals surface area (Å²) >= 11 is 3.30. The molecule has 3 rings (SSSR count). The minimum absolute atomic E-state index is 0.171. The van der Waals surface area contributed by atoms with E-state index >= 15 is 0 Å². The first kappa shape index (κ1) is 19.9. The summed E-state index contributed by atoms with van der Waals surface area (Å²) in [6.07, 6.45) is 2.10. The molecule has 10 heteroatoms.